The van der Waals surface area contributed by atoms with Crippen LogP contribution in [0.25, 0.3) is 0 Å². The molecule has 0 N–H and O–H groups in total. The molecule has 0 aliphatic heterocycles. The van der Waals surface area contributed by atoms with E-state index in [4.69, 9.17) is 9.47 Å². The first-order valence-corrected chi connectivity index (χ1v) is 7.24. The second-order valence-corrected chi connectivity index (χ2v) is 5.04. The van der Waals surface area contributed by atoms with E-state index in [9.17, 15) is 14.9 Å². The van der Waals surface area contributed by atoms with Gasteiger partial charge in [0, 0.05) is 14.2 Å². The number of likely N-dealkylation sites (N-methyl/N-ethyl adjacent to an activating group) is 1. The van der Waals surface area contributed by atoms with Crippen LogP contribution < -0.4 is 9.64 Å². The fraction of sp³-hybridized carbons (Fsp3) is 0.235. The minimum atomic E-state index is -0.549. The summed E-state index contributed by atoms with van der Waals surface area (Å²) in [5, 5.41) is 11.5. The van der Waals surface area contributed by atoms with Crippen molar-refractivity contribution in [1.29, 1.82) is 0 Å². The fourth-order valence-electron chi connectivity index (χ4n) is 2.17. The maximum Gasteiger partial charge on any atom is 0.334 e. The summed E-state index contributed by atoms with van der Waals surface area (Å²) in [6.45, 7) is 0.0314. The molecule has 0 fully saturated rings. The Morgan fingerprint density at radius 3 is 2.50 bits per heavy atom. The van der Waals surface area contributed by atoms with Crippen LogP contribution in [0.1, 0.15) is 5.56 Å². The summed E-state index contributed by atoms with van der Waals surface area (Å²) in [6.07, 6.45) is 0. The third-order valence-electron chi connectivity index (χ3n) is 3.40. The number of carbonyl (C=O) groups is 1. The van der Waals surface area contributed by atoms with Crippen LogP contribution in [-0.2, 0) is 16.1 Å². The molecule has 7 nitrogen and oxygen atoms in total. The van der Waals surface area contributed by atoms with Crippen molar-refractivity contribution in [2.45, 2.75) is 6.61 Å². The predicted molar refractivity (Wildman–Crippen MR) is 89.2 cm³/mol. The van der Waals surface area contributed by atoms with Crippen LogP contribution in [0.3, 0.4) is 0 Å². The first-order chi connectivity index (χ1) is 11.5. The van der Waals surface area contributed by atoms with Crippen molar-refractivity contribution < 1.29 is 19.2 Å². The van der Waals surface area contributed by atoms with Gasteiger partial charge in [-0.1, -0.05) is 36.4 Å². The highest BCUT2D eigenvalue weighted by Crippen LogP contribution is 2.37. The van der Waals surface area contributed by atoms with Crippen molar-refractivity contribution in [2.24, 2.45) is 0 Å². The summed E-state index contributed by atoms with van der Waals surface area (Å²) in [5.74, 6) is -0.278. The van der Waals surface area contributed by atoms with Gasteiger partial charge in [0.15, 0.2) is 5.75 Å². The van der Waals surface area contributed by atoms with Gasteiger partial charge in [-0.25, -0.2) is 0 Å². The molecule has 0 radical (unpaired) electrons. The molecule has 0 spiro atoms. The van der Waals surface area contributed by atoms with Gasteiger partial charge >= 0.3 is 5.69 Å². The molecule has 2 rings (SSSR count). The van der Waals surface area contributed by atoms with Crippen molar-refractivity contribution in [3.05, 3.63) is 64.2 Å². The van der Waals surface area contributed by atoms with E-state index in [0.717, 1.165) is 5.56 Å². The fourth-order valence-corrected chi connectivity index (χ4v) is 2.17. The number of amides is 1. The van der Waals surface area contributed by atoms with Gasteiger partial charge in [-0.15, -0.1) is 0 Å². The lowest BCUT2D eigenvalue weighted by atomic mass is 10.2. The highest BCUT2D eigenvalue weighted by molar-refractivity contribution is 5.96. The zero-order valence-corrected chi connectivity index (χ0v) is 13.5. The van der Waals surface area contributed by atoms with Crippen LogP contribution in [-0.4, -0.2) is 31.6 Å². The second-order valence-electron chi connectivity index (χ2n) is 5.04. The third kappa shape index (κ3) is 4.08. The molecular formula is C17H18N2O5. The SMILES string of the molecule is COCC(=O)N(C)c1cccc(OCc2ccccc2)c1[N+](=O)[O-]. The molecule has 24 heavy (non-hydrogen) atoms. The molecular weight excluding hydrogens is 312 g/mol. The first-order valence-electron chi connectivity index (χ1n) is 7.24. The lowest BCUT2D eigenvalue weighted by Gasteiger charge is -2.18. The largest absolute Gasteiger partial charge is 0.482 e. The monoisotopic (exact) mass is 330 g/mol. The summed E-state index contributed by atoms with van der Waals surface area (Å²) >= 11 is 0. The Hall–Kier alpha value is -2.93. The normalized spacial score (nSPS) is 10.2. The summed E-state index contributed by atoms with van der Waals surface area (Å²) in [7, 11) is 2.85. The third-order valence-corrected chi connectivity index (χ3v) is 3.40. The lowest BCUT2D eigenvalue weighted by molar-refractivity contribution is -0.385. The minimum absolute atomic E-state index is 0.110. The number of methoxy groups -OCH3 is 1. The number of hydrogen-bond acceptors (Lipinski definition) is 5. The zero-order valence-electron chi connectivity index (χ0n) is 13.5. The minimum Gasteiger partial charge on any atom is -0.482 e. The van der Waals surface area contributed by atoms with Crippen LogP contribution in [0.5, 0.6) is 5.75 Å². The summed E-state index contributed by atoms with van der Waals surface area (Å²) in [5.41, 5.74) is 0.800. The number of hydrogen-bond donors (Lipinski definition) is 0. The molecule has 0 saturated heterocycles. The smallest absolute Gasteiger partial charge is 0.334 e. The number of nitro benzene ring substituents is 1. The maximum absolute atomic E-state index is 11.9. The molecule has 1 amide bonds. The number of nitro groups is 1. The molecule has 0 unspecified atom stereocenters. The van der Waals surface area contributed by atoms with Gasteiger partial charge in [0.2, 0.25) is 0 Å². The highest BCUT2D eigenvalue weighted by Gasteiger charge is 2.26. The van der Waals surface area contributed by atoms with Crippen LogP contribution in [0, 0.1) is 10.1 Å². The van der Waals surface area contributed by atoms with E-state index in [0.29, 0.717) is 0 Å². The van der Waals surface area contributed by atoms with Crippen molar-refractivity contribution in [3.8, 4) is 5.75 Å². The van der Waals surface area contributed by atoms with E-state index in [1.807, 2.05) is 30.3 Å². The second kappa shape index (κ2) is 8.07. The number of ether oxygens (including phenoxy) is 2. The van der Waals surface area contributed by atoms with E-state index >= 15 is 0 Å². The molecule has 0 aliphatic carbocycles. The van der Waals surface area contributed by atoms with Crippen LogP contribution in [0.4, 0.5) is 11.4 Å². The number of anilines is 1. The molecule has 0 atom stereocenters. The Morgan fingerprint density at radius 2 is 1.88 bits per heavy atom. The van der Waals surface area contributed by atoms with E-state index < -0.39 is 4.92 Å². The first kappa shape index (κ1) is 17.4. The number of carbonyl (C=O) groups excluding carboxylic acids is 1. The molecule has 2 aromatic rings. The highest BCUT2D eigenvalue weighted by atomic mass is 16.6. The van der Waals surface area contributed by atoms with Crippen molar-refractivity contribution >= 4 is 17.3 Å². The van der Waals surface area contributed by atoms with Crippen LogP contribution >= 0.6 is 0 Å². The topological polar surface area (TPSA) is 81.9 Å². The quantitative estimate of drug-likeness (QED) is 0.576. The standard InChI is InChI=1S/C17H18N2O5/c1-18(16(20)12-23-2)14-9-6-10-15(17(14)19(21)22)24-11-13-7-4-3-5-8-13/h3-10H,11-12H2,1-2H3. The van der Waals surface area contributed by atoms with E-state index in [1.165, 1.54) is 31.2 Å². The van der Waals surface area contributed by atoms with Gasteiger partial charge in [-0.2, -0.15) is 0 Å². The van der Waals surface area contributed by atoms with Gasteiger partial charge < -0.3 is 14.4 Å². The Morgan fingerprint density at radius 1 is 1.17 bits per heavy atom. The Bertz CT molecular complexity index is 718. The molecule has 0 saturated carbocycles. The Kier molecular flexibility index (Phi) is 5.86. The molecule has 0 bridgehead atoms. The van der Waals surface area contributed by atoms with Crippen molar-refractivity contribution in [3.63, 3.8) is 0 Å². The molecule has 0 heterocycles. The van der Waals surface area contributed by atoms with E-state index in [2.05, 4.69) is 0 Å². The zero-order chi connectivity index (χ0) is 17.5. The average Bonchev–Trinajstić information content (AvgIpc) is 2.59. The van der Waals surface area contributed by atoms with E-state index in [1.54, 1.807) is 6.07 Å². The molecule has 0 aliphatic rings. The average molecular weight is 330 g/mol. The summed E-state index contributed by atoms with van der Waals surface area (Å²) in [4.78, 5) is 24.1. The molecule has 7 heteroatoms. The van der Waals surface area contributed by atoms with Gasteiger partial charge in [0.25, 0.3) is 5.91 Å². The van der Waals surface area contributed by atoms with Gasteiger partial charge in [-0.3, -0.25) is 14.9 Å². The van der Waals surface area contributed by atoms with Crippen LogP contribution in [0.15, 0.2) is 48.5 Å². The van der Waals surface area contributed by atoms with Crippen LogP contribution in [0.2, 0.25) is 0 Å². The van der Waals surface area contributed by atoms with E-state index in [-0.39, 0.29) is 36.2 Å². The van der Waals surface area contributed by atoms with Crippen molar-refractivity contribution in [2.75, 3.05) is 25.7 Å². The van der Waals surface area contributed by atoms with Gasteiger partial charge in [0.05, 0.1) is 4.92 Å². The van der Waals surface area contributed by atoms with Gasteiger partial charge in [0.1, 0.15) is 18.9 Å². The predicted octanol–water partition coefficient (Wildman–Crippen LogP) is 2.78. The Balaban J connectivity index is 2.30. The number of nitrogens with zero attached hydrogens (tertiary/aromatic N) is 2. The molecule has 126 valence electrons. The summed E-state index contributed by atoms with van der Waals surface area (Å²) < 4.78 is 10.4. The molecule has 2 aromatic carbocycles. The summed E-state index contributed by atoms with van der Waals surface area (Å²) in [6, 6.07) is 14.0. The Labute approximate surface area is 139 Å². The number of rotatable bonds is 7. The van der Waals surface area contributed by atoms with Crippen molar-refractivity contribution in [1.82, 2.24) is 0 Å². The van der Waals surface area contributed by atoms with Gasteiger partial charge in [-0.05, 0) is 17.7 Å². The number of para-hydroxylation sites is 1. The maximum atomic E-state index is 11.9. The molecule has 0 aromatic heterocycles. The number of benzene rings is 2. The lowest BCUT2D eigenvalue weighted by Crippen LogP contribution is -2.30.